The van der Waals surface area contributed by atoms with Crippen LogP contribution in [-0.4, -0.2) is 22.6 Å². The number of aryl methyl sites for hydroxylation is 1. The van der Waals surface area contributed by atoms with Gasteiger partial charge in [-0.25, -0.2) is 4.39 Å². The minimum Gasteiger partial charge on any atom is -0.394 e. The number of carbonyl (C=O) groups excluding carboxylic acids is 1. The first-order valence-corrected chi connectivity index (χ1v) is 6.73. The first kappa shape index (κ1) is 15.1. The highest BCUT2D eigenvalue weighted by Crippen LogP contribution is 2.13. The average Bonchev–Trinajstić information content (AvgIpc) is 2.52. The lowest BCUT2D eigenvalue weighted by atomic mass is 10.1. The third-order valence-electron chi connectivity index (χ3n) is 3.18. The number of nitrogens with one attached hydrogen (secondary N) is 1. The number of benzene rings is 1. The standard InChI is InChI=1S/C16H17FN2O2/c17-14-4-2-13(3-5-14)15(11-20)19-16(21)6-1-12-7-9-18-10-8-12/h2-5,7-10,15,20H,1,6,11H2,(H,19,21)/t15-/m1/s1. The molecule has 2 rings (SSSR count). The second kappa shape index (κ2) is 7.50. The van der Waals surface area contributed by atoms with Crippen molar-refractivity contribution in [1.29, 1.82) is 0 Å². The van der Waals surface area contributed by atoms with Gasteiger partial charge in [-0.15, -0.1) is 0 Å². The van der Waals surface area contributed by atoms with Crippen molar-refractivity contribution >= 4 is 5.91 Å². The van der Waals surface area contributed by atoms with E-state index < -0.39 is 6.04 Å². The lowest BCUT2D eigenvalue weighted by Crippen LogP contribution is -2.30. The number of hydrogen-bond donors (Lipinski definition) is 2. The number of carbonyl (C=O) groups is 1. The van der Waals surface area contributed by atoms with Gasteiger partial charge in [-0.1, -0.05) is 12.1 Å². The molecule has 0 spiro atoms. The van der Waals surface area contributed by atoms with E-state index in [4.69, 9.17) is 0 Å². The molecule has 1 aromatic heterocycles. The van der Waals surface area contributed by atoms with Gasteiger partial charge in [0.15, 0.2) is 0 Å². The molecule has 2 aromatic rings. The molecule has 0 saturated heterocycles. The van der Waals surface area contributed by atoms with Crippen molar-refractivity contribution in [2.75, 3.05) is 6.61 Å². The third kappa shape index (κ3) is 4.65. The highest BCUT2D eigenvalue weighted by Gasteiger charge is 2.13. The van der Waals surface area contributed by atoms with Crippen LogP contribution in [-0.2, 0) is 11.2 Å². The summed E-state index contributed by atoms with van der Waals surface area (Å²) in [5, 5.41) is 12.1. The average molecular weight is 288 g/mol. The number of halogens is 1. The minimum atomic E-state index is -0.518. The SMILES string of the molecule is O=C(CCc1ccncc1)N[C@H](CO)c1ccc(F)cc1. The molecule has 0 saturated carbocycles. The van der Waals surface area contributed by atoms with Crippen LogP contribution in [0.4, 0.5) is 4.39 Å². The van der Waals surface area contributed by atoms with E-state index in [0.29, 0.717) is 18.4 Å². The van der Waals surface area contributed by atoms with E-state index in [-0.39, 0.29) is 18.3 Å². The van der Waals surface area contributed by atoms with Crippen LogP contribution in [0.2, 0.25) is 0 Å². The maximum absolute atomic E-state index is 12.9. The number of nitrogens with zero attached hydrogens (tertiary/aromatic N) is 1. The van der Waals surface area contributed by atoms with Crippen LogP contribution in [0.25, 0.3) is 0 Å². The van der Waals surface area contributed by atoms with Gasteiger partial charge < -0.3 is 10.4 Å². The fraction of sp³-hybridized carbons (Fsp3) is 0.250. The van der Waals surface area contributed by atoms with E-state index in [9.17, 15) is 14.3 Å². The molecule has 0 unspecified atom stereocenters. The fourth-order valence-electron chi connectivity index (χ4n) is 2.00. The summed E-state index contributed by atoms with van der Waals surface area (Å²) in [6, 6.07) is 8.92. The predicted molar refractivity (Wildman–Crippen MR) is 76.9 cm³/mol. The topological polar surface area (TPSA) is 62.2 Å². The number of amides is 1. The molecule has 110 valence electrons. The molecule has 21 heavy (non-hydrogen) atoms. The summed E-state index contributed by atoms with van der Waals surface area (Å²) in [5.41, 5.74) is 1.71. The number of aliphatic hydroxyl groups excluding tert-OH is 1. The third-order valence-corrected chi connectivity index (χ3v) is 3.18. The number of rotatable bonds is 6. The van der Waals surface area contributed by atoms with Gasteiger partial charge >= 0.3 is 0 Å². The lowest BCUT2D eigenvalue weighted by Gasteiger charge is -2.16. The van der Waals surface area contributed by atoms with Gasteiger partial charge in [0.1, 0.15) is 5.82 Å². The number of aromatic nitrogens is 1. The zero-order valence-corrected chi connectivity index (χ0v) is 11.5. The van der Waals surface area contributed by atoms with Gasteiger partial charge in [0.2, 0.25) is 5.91 Å². The summed E-state index contributed by atoms with van der Waals surface area (Å²) >= 11 is 0. The monoisotopic (exact) mass is 288 g/mol. The molecular formula is C16H17FN2O2. The molecule has 4 nitrogen and oxygen atoms in total. The summed E-state index contributed by atoms with van der Waals surface area (Å²) < 4.78 is 12.9. The summed E-state index contributed by atoms with van der Waals surface area (Å²) in [7, 11) is 0. The molecule has 1 heterocycles. The number of hydrogen-bond acceptors (Lipinski definition) is 3. The van der Waals surface area contributed by atoms with Crippen LogP contribution in [0, 0.1) is 5.82 Å². The molecule has 1 aromatic carbocycles. The second-order valence-electron chi connectivity index (χ2n) is 4.71. The molecule has 0 fully saturated rings. The minimum absolute atomic E-state index is 0.157. The normalized spacial score (nSPS) is 11.9. The Hall–Kier alpha value is -2.27. The van der Waals surface area contributed by atoms with E-state index in [1.165, 1.54) is 12.1 Å². The summed E-state index contributed by atoms with van der Waals surface area (Å²) in [6.07, 6.45) is 4.29. The van der Waals surface area contributed by atoms with Crippen LogP contribution in [0.5, 0.6) is 0 Å². The molecule has 1 atom stereocenters. The van der Waals surface area contributed by atoms with E-state index in [0.717, 1.165) is 5.56 Å². The van der Waals surface area contributed by atoms with Crippen LogP contribution in [0.3, 0.4) is 0 Å². The smallest absolute Gasteiger partial charge is 0.220 e. The molecular weight excluding hydrogens is 271 g/mol. The van der Waals surface area contributed by atoms with Gasteiger partial charge in [-0.05, 0) is 41.8 Å². The predicted octanol–water partition coefficient (Wildman–Crippen LogP) is 2.00. The molecule has 1 amide bonds. The molecule has 5 heteroatoms. The van der Waals surface area contributed by atoms with E-state index in [1.807, 2.05) is 12.1 Å². The van der Waals surface area contributed by atoms with Gasteiger partial charge in [0.25, 0.3) is 0 Å². The maximum atomic E-state index is 12.9. The van der Waals surface area contributed by atoms with Crippen LogP contribution in [0.15, 0.2) is 48.8 Å². The van der Waals surface area contributed by atoms with Gasteiger partial charge in [-0.3, -0.25) is 9.78 Å². The molecule has 0 aliphatic carbocycles. The Balaban J connectivity index is 1.89. The first-order chi connectivity index (χ1) is 10.2. The fourth-order valence-corrected chi connectivity index (χ4v) is 2.00. The molecule has 0 radical (unpaired) electrons. The highest BCUT2D eigenvalue weighted by molar-refractivity contribution is 5.76. The number of pyridine rings is 1. The Kier molecular flexibility index (Phi) is 5.40. The summed E-state index contributed by atoms with van der Waals surface area (Å²) in [6.45, 7) is -0.230. The summed E-state index contributed by atoms with van der Waals surface area (Å²) in [4.78, 5) is 15.8. The summed E-state index contributed by atoms with van der Waals surface area (Å²) in [5.74, 6) is -0.505. The van der Waals surface area contributed by atoms with E-state index in [2.05, 4.69) is 10.3 Å². The maximum Gasteiger partial charge on any atom is 0.220 e. The second-order valence-corrected chi connectivity index (χ2v) is 4.71. The Morgan fingerprint density at radius 1 is 1.19 bits per heavy atom. The Labute approximate surface area is 122 Å². The zero-order valence-electron chi connectivity index (χ0n) is 11.5. The van der Waals surface area contributed by atoms with Crippen molar-refractivity contribution in [3.63, 3.8) is 0 Å². The first-order valence-electron chi connectivity index (χ1n) is 6.73. The van der Waals surface area contributed by atoms with Crippen molar-refractivity contribution in [2.24, 2.45) is 0 Å². The van der Waals surface area contributed by atoms with Crippen molar-refractivity contribution in [1.82, 2.24) is 10.3 Å². The van der Waals surface area contributed by atoms with Gasteiger partial charge in [0.05, 0.1) is 12.6 Å². The van der Waals surface area contributed by atoms with Gasteiger partial charge in [0, 0.05) is 18.8 Å². The molecule has 0 bridgehead atoms. The van der Waals surface area contributed by atoms with Crippen LogP contribution in [0.1, 0.15) is 23.6 Å². The van der Waals surface area contributed by atoms with Crippen molar-refractivity contribution in [3.05, 3.63) is 65.7 Å². The Bertz CT molecular complexity index is 573. The lowest BCUT2D eigenvalue weighted by molar-refractivity contribution is -0.122. The molecule has 2 N–H and O–H groups in total. The van der Waals surface area contributed by atoms with Crippen molar-refractivity contribution in [2.45, 2.75) is 18.9 Å². The van der Waals surface area contributed by atoms with E-state index in [1.54, 1.807) is 24.5 Å². The van der Waals surface area contributed by atoms with Gasteiger partial charge in [-0.2, -0.15) is 0 Å². The van der Waals surface area contributed by atoms with E-state index >= 15 is 0 Å². The Morgan fingerprint density at radius 2 is 1.86 bits per heavy atom. The highest BCUT2D eigenvalue weighted by atomic mass is 19.1. The molecule has 0 aliphatic heterocycles. The Morgan fingerprint density at radius 3 is 2.48 bits per heavy atom. The quantitative estimate of drug-likeness (QED) is 0.854. The molecule has 0 aliphatic rings. The zero-order chi connectivity index (χ0) is 15.1. The number of aliphatic hydroxyl groups is 1. The van der Waals surface area contributed by atoms with Crippen molar-refractivity contribution in [3.8, 4) is 0 Å². The largest absolute Gasteiger partial charge is 0.394 e. The van der Waals surface area contributed by atoms with Crippen LogP contribution < -0.4 is 5.32 Å². The van der Waals surface area contributed by atoms with Crippen LogP contribution >= 0.6 is 0 Å². The van der Waals surface area contributed by atoms with Crippen molar-refractivity contribution < 1.29 is 14.3 Å².